The molecule has 1 saturated heterocycles. The summed E-state index contributed by atoms with van der Waals surface area (Å²) in [5.41, 5.74) is 2.97. The zero-order valence-electron chi connectivity index (χ0n) is 11.1. The molecule has 1 aromatic rings. The minimum atomic E-state index is 0.0377. The van der Waals surface area contributed by atoms with Crippen LogP contribution in [0.15, 0.2) is 18.2 Å². The fourth-order valence-corrected chi connectivity index (χ4v) is 2.67. The van der Waals surface area contributed by atoms with E-state index in [0.29, 0.717) is 24.6 Å². The van der Waals surface area contributed by atoms with E-state index in [9.17, 15) is 4.79 Å². The van der Waals surface area contributed by atoms with E-state index < -0.39 is 0 Å². The number of rotatable bonds is 2. The van der Waals surface area contributed by atoms with E-state index in [1.807, 2.05) is 36.9 Å². The molecule has 1 heterocycles. The Morgan fingerprint density at radius 3 is 2.58 bits per heavy atom. The Bertz CT molecular complexity index is 554. The van der Waals surface area contributed by atoms with Gasteiger partial charge in [0.2, 0.25) is 5.91 Å². The van der Waals surface area contributed by atoms with Crippen molar-refractivity contribution in [1.29, 1.82) is 0 Å². The van der Waals surface area contributed by atoms with E-state index in [0.717, 1.165) is 16.8 Å². The molecule has 3 nitrogen and oxygen atoms in total. The van der Waals surface area contributed by atoms with Crippen molar-refractivity contribution < 1.29 is 4.79 Å². The monoisotopic (exact) mass is 272 g/mol. The molecule has 1 aliphatic heterocycles. The van der Waals surface area contributed by atoms with Crippen molar-refractivity contribution in [1.82, 2.24) is 4.90 Å². The smallest absolute Gasteiger partial charge is 0.235 e. The number of hydrogen-bond donors (Lipinski definition) is 0. The number of amides is 1. The summed E-state index contributed by atoms with van der Waals surface area (Å²) in [4.78, 5) is 15.7. The number of thiocarbonyl (C=S) groups is 1. The van der Waals surface area contributed by atoms with Gasteiger partial charge in [0.05, 0.1) is 12.2 Å². The summed E-state index contributed by atoms with van der Waals surface area (Å²) >= 11 is 5.43. The van der Waals surface area contributed by atoms with Crippen molar-refractivity contribution in [2.24, 2.45) is 0 Å². The van der Waals surface area contributed by atoms with Crippen LogP contribution in [0.1, 0.15) is 17.5 Å². The molecule has 1 aliphatic rings. The summed E-state index contributed by atoms with van der Waals surface area (Å²) < 4.78 is 0. The molecule has 0 N–H and O–H groups in total. The highest BCUT2D eigenvalue weighted by Crippen LogP contribution is 2.28. The predicted octanol–water partition coefficient (Wildman–Crippen LogP) is 2.26. The topological polar surface area (TPSA) is 23.6 Å². The minimum Gasteiger partial charge on any atom is -0.337 e. The molecule has 1 fully saturated rings. The van der Waals surface area contributed by atoms with Gasteiger partial charge in [-0.1, -0.05) is 24.1 Å². The number of aryl methyl sites for hydroxylation is 2. The van der Waals surface area contributed by atoms with Crippen molar-refractivity contribution in [2.45, 2.75) is 20.3 Å². The molecule has 4 heteroatoms. The van der Waals surface area contributed by atoms with Gasteiger partial charge in [-0.15, -0.1) is 6.42 Å². The Balaban J connectivity index is 2.44. The van der Waals surface area contributed by atoms with Gasteiger partial charge < -0.3 is 4.90 Å². The van der Waals surface area contributed by atoms with Gasteiger partial charge in [0, 0.05) is 13.0 Å². The lowest BCUT2D eigenvalue weighted by atomic mass is 10.1. The molecule has 19 heavy (non-hydrogen) atoms. The van der Waals surface area contributed by atoms with E-state index in [4.69, 9.17) is 18.6 Å². The Morgan fingerprint density at radius 1 is 1.37 bits per heavy atom. The van der Waals surface area contributed by atoms with Crippen LogP contribution in [0, 0.1) is 26.2 Å². The molecule has 2 rings (SSSR count). The first kappa shape index (κ1) is 13.6. The average molecular weight is 272 g/mol. The third-order valence-corrected chi connectivity index (χ3v) is 3.69. The van der Waals surface area contributed by atoms with E-state index in [1.165, 1.54) is 0 Å². The number of carbonyl (C=O) groups is 1. The van der Waals surface area contributed by atoms with Crippen LogP contribution in [-0.4, -0.2) is 29.0 Å². The minimum absolute atomic E-state index is 0.0377. The number of carbonyl (C=O) groups excluding carboxylic acids is 1. The van der Waals surface area contributed by atoms with Gasteiger partial charge in [0.15, 0.2) is 5.11 Å². The van der Waals surface area contributed by atoms with Gasteiger partial charge in [0.25, 0.3) is 0 Å². The summed E-state index contributed by atoms with van der Waals surface area (Å²) in [6.07, 6.45) is 5.79. The molecule has 0 bridgehead atoms. The predicted molar refractivity (Wildman–Crippen MR) is 81.0 cm³/mol. The molecule has 0 spiro atoms. The van der Waals surface area contributed by atoms with Crippen LogP contribution in [0.2, 0.25) is 0 Å². The van der Waals surface area contributed by atoms with E-state index >= 15 is 0 Å². The van der Waals surface area contributed by atoms with E-state index in [2.05, 4.69) is 5.92 Å². The number of terminal acetylenes is 1. The molecular weight excluding hydrogens is 256 g/mol. The normalized spacial score (nSPS) is 15.6. The first-order valence-corrected chi connectivity index (χ1v) is 6.58. The quantitative estimate of drug-likeness (QED) is 0.609. The summed E-state index contributed by atoms with van der Waals surface area (Å²) in [6.45, 7) is 5.01. The van der Waals surface area contributed by atoms with Gasteiger partial charge in [-0.3, -0.25) is 9.69 Å². The second kappa shape index (κ2) is 5.41. The van der Waals surface area contributed by atoms with E-state index in [-0.39, 0.29) is 5.91 Å². The SMILES string of the molecule is C#CCN1CCC(=O)N(c2c(C)cccc2C)C1=S. The number of benzene rings is 1. The molecule has 1 aromatic carbocycles. The van der Waals surface area contributed by atoms with Gasteiger partial charge in [-0.25, -0.2) is 0 Å². The van der Waals surface area contributed by atoms with Crippen LogP contribution in [0.3, 0.4) is 0 Å². The molecule has 0 saturated carbocycles. The molecule has 98 valence electrons. The Morgan fingerprint density at radius 2 is 2.00 bits per heavy atom. The summed E-state index contributed by atoms with van der Waals surface area (Å²) in [7, 11) is 0. The molecule has 0 aliphatic carbocycles. The first-order chi connectivity index (χ1) is 9.06. The van der Waals surface area contributed by atoms with Crippen LogP contribution in [0.25, 0.3) is 0 Å². The fourth-order valence-electron chi connectivity index (χ4n) is 2.32. The highest BCUT2D eigenvalue weighted by atomic mass is 32.1. The Kier molecular flexibility index (Phi) is 3.87. The molecule has 0 unspecified atom stereocenters. The maximum Gasteiger partial charge on any atom is 0.235 e. The molecule has 1 amide bonds. The van der Waals surface area contributed by atoms with Crippen molar-refractivity contribution in [2.75, 3.05) is 18.0 Å². The summed E-state index contributed by atoms with van der Waals surface area (Å²) in [5, 5.41) is 0.506. The first-order valence-electron chi connectivity index (χ1n) is 6.17. The van der Waals surface area contributed by atoms with Crippen LogP contribution in [0.5, 0.6) is 0 Å². The number of nitrogens with zero attached hydrogens (tertiary/aromatic N) is 2. The van der Waals surface area contributed by atoms with Gasteiger partial charge in [-0.05, 0) is 37.2 Å². The molecule has 0 atom stereocenters. The standard InChI is InChI=1S/C15H16N2OS/c1-4-9-16-10-8-13(18)17(15(16)19)14-11(2)6-5-7-12(14)3/h1,5-7H,8-10H2,2-3H3. The van der Waals surface area contributed by atoms with Gasteiger partial charge in [-0.2, -0.15) is 0 Å². The van der Waals surface area contributed by atoms with Crippen molar-refractivity contribution in [3.8, 4) is 12.3 Å². The lowest BCUT2D eigenvalue weighted by molar-refractivity contribution is -0.118. The van der Waals surface area contributed by atoms with Gasteiger partial charge >= 0.3 is 0 Å². The number of anilines is 1. The highest BCUT2D eigenvalue weighted by molar-refractivity contribution is 7.80. The van der Waals surface area contributed by atoms with Crippen molar-refractivity contribution in [3.63, 3.8) is 0 Å². The third kappa shape index (κ3) is 2.47. The lowest BCUT2D eigenvalue weighted by Crippen LogP contribution is -2.52. The number of hydrogen-bond acceptors (Lipinski definition) is 2. The van der Waals surface area contributed by atoms with Crippen LogP contribution in [0.4, 0.5) is 5.69 Å². The van der Waals surface area contributed by atoms with Gasteiger partial charge in [0.1, 0.15) is 0 Å². The molecule has 0 radical (unpaired) electrons. The van der Waals surface area contributed by atoms with Crippen molar-refractivity contribution >= 4 is 28.9 Å². The van der Waals surface area contributed by atoms with Crippen LogP contribution >= 0.6 is 12.2 Å². The van der Waals surface area contributed by atoms with E-state index in [1.54, 1.807) is 4.90 Å². The second-order valence-corrected chi connectivity index (χ2v) is 4.99. The maximum atomic E-state index is 12.2. The lowest BCUT2D eigenvalue weighted by Gasteiger charge is -2.37. The van der Waals surface area contributed by atoms with Crippen molar-refractivity contribution in [3.05, 3.63) is 29.3 Å². The molecular formula is C15H16N2OS. The largest absolute Gasteiger partial charge is 0.337 e. The third-order valence-electron chi connectivity index (χ3n) is 3.25. The zero-order chi connectivity index (χ0) is 14.0. The Labute approximate surface area is 119 Å². The van der Waals surface area contributed by atoms with Crippen LogP contribution < -0.4 is 4.90 Å². The molecule has 0 aromatic heterocycles. The summed E-state index contributed by atoms with van der Waals surface area (Å²) in [6, 6.07) is 5.95. The second-order valence-electron chi connectivity index (χ2n) is 4.63. The fraction of sp³-hybridized carbons (Fsp3) is 0.333. The number of para-hydroxylation sites is 1. The van der Waals surface area contributed by atoms with Crippen LogP contribution in [-0.2, 0) is 4.79 Å². The highest BCUT2D eigenvalue weighted by Gasteiger charge is 2.31. The zero-order valence-corrected chi connectivity index (χ0v) is 12.0. The maximum absolute atomic E-state index is 12.2. The average Bonchev–Trinajstić information content (AvgIpc) is 2.36. The Hall–Kier alpha value is -1.86. The summed E-state index contributed by atoms with van der Waals surface area (Å²) in [5.74, 6) is 2.62.